The van der Waals surface area contributed by atoms with E-state index in [9.17, 15) is 0 Å². The summed E-state index contributed by atoms with van der Waals surface area (Å²) in [6.45, 7) is 4.56. The molecule has 1 aliphatic heterocycles. The number of aromatic nitrogens is 1. The fourth-order valence-corrected chi connectivity index (χ4v) is 2.43. The first kappa shape index (κ1) is 11.7. The zero-order valence-electron chi connectivity index (χ0n) is 9.78. The second-order valence-corrected chi connectivity index (χ2v) is 5.04. The fraction of sp³-hybridized carbons (Fsp3) is 0.583. The molecular formula is C12H18ClN3. The summed E-state index contributed by atoms with van der Waals surface area (Å²) >= 11 is 6.08. The number of rotatable bonds is 2. The fourth-order valence-electron chi connectivity index (χ4n) is 2.26. The van der Waals surface area contributed by atoms with Crippen LogP contribution in [0.4, 0.5) is 5.69 Å². The van der Waals surface area contributed by atoms with Crippen molar-refractivity contribution < 1.29 is 0 Å². The lowest BCUT2D eigenvalue weighted by atomic mass is 9.94. The maximum atomic E-state index is 6.08. The molecule has 1 aromatic rings. The van der Waals surface area contributed by atoms with Gasteiger partial charge < -0.3 is 10.2 Å². The molecule has 3 nitrogen and oxygen atoms in total. The Bertz CT molecular complexity index is 356. The molecule has 2 rings (SSSR count). The Morgan fingerprint density at radius 3 is 3.06 bits per heavy atom. The molecule has 16 heavy (non-hydrogen) atoms. The van der Waals surface area contributed by atoms with Crippen molar-refractivity contribution in [1.29, 1.82) is 0 Å². The average Bonchev–Trinajstić information content (AvgIpc) is 2.25. The third-order valence-corrected chi connectivity index (χ3v) is 3.52. The van der Waals surface area contributed by atoms with Gasteiger partial charge in [-0.3, -0.25) is 4.98 Å². The maximum Gasteiger partial charge on any atom is 0.0820 e. The molecule has 0 aliphatic carbocycles. The van der Waals surface area contributed by atoms with Crippen molar-refractivity contribution in [2.45, 2.75) is 19.4 Å². The van der Waals surface area contributed by atoms with Gasteiger partial charge in [-0.25, -0.2) is 0 Å². The predicted octanol–water partition coefficient (Wildman–Crippen LogP) is 2.49. The molecular weight excluding hydrogens is 222 g/mol. The van der Waals surface area contributed by atoms with Gasteiger partial charge in [-0.2, -0.15) is 0 Å². The number of anilines is 1. The normalized spacial score (nSPS) is 26.7. The molecule has 1 N–H and O–H groups in total. The zero-order valence-corrected chi connectivity index (χ0v) is 10.5. The van der Waals surface area contributed by atoms with Gasteiger partial charge in [0.1, 0.15) is 0 Å². The molecule has 88 valence electrons. The molecule has 0 saturated carbocycles. The van der Waals surface area contributed by atoms with Gasteiger partial charge in [0.25, 0.3) is 0 Å². The second kappa shape index (κ2) is 5.02. The van der Waals surface area contributed by atoms with Crippen molar-refractivity contribution >= 4 is 17.3 Å². The minimum Gasteiger partial charge on any atom is -0.381 e. The maximum absolute atomic E-state index is 6.08. The van der Waals surface area contributed by atoms with Gasteiger partial charge in [0.2, 0.25) is 0 Å². The van der Waals surface area contributed by atoms with Gasteiger partial charge in [0, 0.05) is 25.0 Å². The second-order valence-electron chi connectivity index (χ2n) is 4.63. The van der Waals surface area contributed by atoms with E-state index in [1.54, 1.807) is 12.4 Å². The van der Waals surface area contributed by atoms with Crippen LogP contribution in [0.1, 0.15) is 13.3 Å². The minimum atomic E-state index is 0.510. The lowest BCUT2D eigenvalue weighted by molar-refractivity contribution is 0.206. The molecule has 1 aliphatic rings. The summed E-state index contributed by atoms with van der Waals surface area (Å²) in [6.07, 6.45) is 4.62. The van der Waals surface area contributed by atoms with E-state index in [1.165, 1.54) is 0 Å². The van der Waals surface area contributed by atoms with E-state index in [1.807, 2.05) is 6.07 Å². The van der Waals surface area contributed by atoms with E-state index in [2.05, 4.69) is 29.2 Å². The van der Waals surface area contributed by atoms with Gasteiger partial charge in [0.05, 0.1) is 10.7 Å². The highest BCUT2D eigenvalue weighted by molar-refractivity contribution is 6.33. The molecule has 2 heterocycles. The summed E-state index contributed by atoms with van der Waals surface area (Å²) in [5.74, 6) is 0.642. The Morgan fingerprint density at radius 2 is 2.38 bits per heavy atom. The van der Waals surface area contributed by atoms with Gasteiger partial charge >= 0.3 is 0 Å². The molecule has 0 aromatic carbocycles. The van der Waals surface area contributed by atoms with Crippen molar-refractivity contribution in [1.82, 2.24) is 9.88 Å². The van der Waals surface area contributed by atoms with Gasteiger partial charge in [0.15, 0.2) is 0 Å². The molecule has 2 atom stereocenters. The Hall–Kier alpha value is -0.800. The molecule has 0 amide bonds. The Labute approximate surface area is 102 Å². The van der Waals surface area contributed by atoms with Crippen LogP contribution in [-0.4, -0.2) is 36.1 Å². The van der Waals surface area contributed by atoms with Crippen molar-refractivity contribution in [3.05, 3.63) is 23.5 Å². The quantitative estimate of drug-likeness (QED) is 0.860. The standard InChI is InChI=1S/C12H18ClN3/c1-9-8-16(2)6-4-11(9)15-12-3-5-14-7-10(12)13/h3,5,7,9,11H,4,6,8H2,1-2H3,(H,14,15). The largest absolute Gasteiger partial charge is 0.381 e. The van der Waals surface area contributed by atoms with E-state index in [4.69, 9.17) is 11.6 Å². The minimum absolute atomic E-state index is 0.510. The lowest BCUT2D eigenvalue weighted by Crippen LogP contribution is -2.43. The smallest absolute Gasteiger partial charge is 0.0820 e. The Balaban J connectivity index is 2.02. The van der Waals surface area contributed by atoms with Gasteiger partial charge in [-0.05, 0) is 32.0 Å². The number of halogens is 1. The van der Waals surface area contributed by atoms with Crippen LogP contribution in [0.25, 0.3) is 0 Å². The first-order chi connectivity index (χ1) is 7.66. The molecule has 2 unspecified atom stereocenters. The highest BCUT2D eigenvalue weighted by Gasteiger charge is 2.24. The molecule has 0 radical (unpaired) electrons. The summed E-state index contributed by atoms with van der Waals surface area (Å²) in [5, 5.41) is 4.22. The number of hydrogen-bond acceptors (Lipinski definition) is 3. The lowest BCUT2D eigenvalue weighted by Gasteiger charge is -2.35. The summed E-state index contributed by atoms with van der Waals surface area (Å²) in [5.41, 5.74) is 0.998. The Kier molecular flexibility index (Phi) is 3.66. The number of likely N-dealkylation sites (tertiary alicyclic amines) is 1. The molecule has 0 spiro atoms. The number of nitrogens with one attached hydrogen (secondary N) is 1. The number of pyridine rings is 1. The highest BCUT2D eigenvalue weighted by Crippen LogP contribution is 2.24. The summed E-state index contributed by atoms with van der Waals surface area (Å²) in [4.78, 5) is 6.36. The molecule has 4 heteroatoms. The summed E-state index contributed by atoms with van der Waals surface area (Å²) in [6, 6.07) is 2.45. The highest BCUT2D eigenvalue weighted by atomic mass is 35.5. The van der Waals surface area contributed by atoms with Crippen molar-refractivity contribution in [2.24, 2.45) is 5.92 Å². The van der Waals surface area contributed by atoms with Crippen LogP contribution < -0.4 is 5.32 Å². The zero-order chi connectivity index (χ0) is 11.5. The summed E-state index contributed by atoms with van der Waals surface area (Å²) in [7, 11) is 2.17. The number of nitrogens with zero attached hydrogens (tertiary/aromatic N) is 2. The topological polar surface area (TPSA) is 28.2 Å². The molecule has 1 aromatic heterocycles. The van der Waals surface area contributed by atoms with Crippen LogP contribution in [0.3, 0.4) is 0 Å². The van der Waals surface area contributed by atoms with Crippen molar-refractivity contribution in [3.63, 3.8) is 0 Å². The van der Waals surface area contributed by atoms with Crippen LogP contribution >= 0.6 is 11.6 Å². The first-order valence-electron chi connectivity index (χ1n) is 5.71. The molecule has 0 bridgehead atoms. The third kappa shape index (κ3) is 2.66. The van der Waals surface area contributed by atoms with E-state index in [0.29, 0.717) is 17.0 Å². The van der Waals surface area contributed by atoms with E-state index < -0.39 is 0 Å². The Morgan fingerprint density at radius 1 is 1.56 bits per heavy atom. The monoisotopic (exact) mass is 239 g/mol. The first-order valence-corrected chi connectivity index (χ1v) is 6.09. The SMILES string of the molecule is CC1CN(C)CCC1Nc1ccncc1Cl. The van der Waals surface area contributed by atoms with E-state index >= 15 is 0 Å². The van der Waals surface area contributed by atoms with Crippen LogP contribution in [0.5, 0.6) is 0 Å². The van der Waals surface area contributed by atoms with Gasteiger partial charge in [-0.15, -0.1) is 0 Å². The van der Waals surface area contributed by atoms with Crippen LogP contribution in [0, 0.1) is 5.92 Å². The molecule has 1 fully saturated rings. The summed E-state index contributed by atoms with van der Waals surface area (Å²) < 4.78 is 0. The van der Waals surface area contributed by atoms with Crippen LogP contribution in [0.15, 0.2) is 18.5 Å². The predicted molar refractivity (Wildman–Crippen MR) is 67.9 cm³/mol. The van der Waals surface area contributed by atoms with Crippen molar-refractivity contribution in [2.75, 3.05) is 25.5 Å². The number of piperidine rings is 1. The van der Waals surface area contributed by atoms with Gasteiger partial charge in [-0.1, -0.05) is 18.5 Å². The van der Waals surface area contributed by atoms with Crippen LogP contribution in [0.2, 0.25) is 5.02 Å². The molecule has 1 saturated heterocycles. The average molecular weight is 240 g/mol. The van der Waals surface area contributed by atoms with E-state index in [-0.39, 0.29) is 0 Å². The third-order valence-electron chi connectivity index (χ3n) is 3.22. The van der Waals surface area contributed by atoms with Crippen LogP contribution in [-0.2, 0) is 0 Å². The van der Waals surface area contributed by atoms with E-state index in [0.717, 1.165) is 25.2 Å². The number of hydrogen-bond donors (Lipinski definition) is 1. The van der Waals surface area contributed by atoms with Crippen molar-refractivity contribution in [3.8, 4) is 0 Å².